The summed E-state index contributed by atoms with van der Waals surface area (Å²) in [5.41, 5.74) is 4.29. The van der Waals surface area contributed by atoms with Gasteiger partial charge >= 0.3 is 0 Å². The van der Waals surface area contributed by atoms with Crippen LogP contribution in [0.15, 0.2) is 52.5 Å². The van der Waals surface area contributed by atoms with Crippen molar-refractivity contribution in [1.82, 2.24) is 5.43 Å². The molecule has 1 saturated heterocycles. The third-order valence-corrected chi connectivity index (χ3v) is 5.42. The number of rotatable bonds is 8. The van der Waals surface area contributed by atoms with E-state index in [2.05, 4.69) is 15.4 Å². The van der Waals surface area contributed by atoms with E-state index in [0.29, 0.717) is 19.0 Å². The average molecular weight is 430 g/mol. The zero-order valence-electron chi connectivity index (χ0n) is 16.4. The van der Waals surface area contributed by atoms with Crippen molar-refractivity contribution in [2.45, 2.75) is 4.90 Å². The summed E-state index contributed by atoms with van der Waals surface area (Å²) in [4.78, 5) is 25.2. The number of nitro benzene ring substituents is 1. The quantitative estimate of drug-likeness (QED) is 0.297. The van der Waals surface area contributed by atoms with Gasteiger partial charge in [-0.05, 0) is 24.3 Å². The molecule has 0 aromatic heterocycles. The van der Waals surface area contributed by atoms with Crippen molar-refractivity contribution in [3.63, 3.8) is 0 Å². The third-order valence-electron chi connectivity index (χ3n) is 4.40. The van der Waals surface area contributed by atoms with Crippen LogP contribution in [0.5, 0.6) is 5.75 Å². The first-order valence-electron chi connectivity index (χ1n) is 9.26. The maximum Gasteiger partial charge on any atom is 0.269 e. The van der Waals surface area contributed by atoms with Crippen molar-refractivity contribution < 1.29 is 19.2 Å². The van der Waals surface area contributed by atoms with E-state index in [4.69, 9.17) is 9.47 Å². The molecule has 30 heavy (non-hydrogen) atoms. The highest BCUT2D eigenvalue weighted by atomic mass is 32.2. The van der Waals surface area contributed by atoms with E-state index in [1.54, 1.807) is 19.2 Å². The minimum atomic E-state index is -0.461. The van der Waals surface area contributed by atoms with Gasteiger partial charge in [0.1, 0.15) is 5.75 Å². The Kier molecular flexibility index (Phi) is 7.63. The van der Waals surface area contributed by atoms with Crippen LogP contribution in [0.3, 0.4) is 0 Å². The Bertz CT molecular complexity index is 914. The smallest absolute Gasteiger partial charge is 0.269 e. The summed E-state index contributed by atoms with van der Waals surface area (Å²) >= 11 is 1.27. The van der Waals surface area contributed by atoms with Gasteiger partial charge in [-0.15, -0.1) is 11.8 Å². The molecule has 0 aliphatic carbocycles. The molecule has 1 N–H and O–H groups in total. The lowest BCUT2D eigenvalue weighted by atomic mass is 10.1. The van der Waals surface area contributed by atoms with Gasteiger partial charge in [0.2, 0.25) is 5.91 Å². The monoisotopic (exact) mass is 430 g/mol. The van der Waals surface area contributed by atoms with E-state index in [1.165, 1.54) is 30.1 Å². The number of nitrogens with one attached hydrogen (secondary N) is 1. The number of amides is 1. The molecule has 1 amide bonds. The zero-order valence-corrected chi connectivity index (χ0v) is 17.3. The minimum Gasteiger partial charge on any atom is -0.496 e. The normalized spacial score (nSPS) is 14.0. The molecule has 3 rings (SSSR count). The lowest BCUT2D eigenvalue weighted by molar-refractivity contribution is -0.384. The number of hydrogen-bond acceptors (Lipinski definition) is 8. The first kappa shape index (κ1) is 21.6. The van der Waals surface area contributed by atoms with Gasteiger partial charge in [0.15, 0.2) is 0 Å². The first-order chi connectivity index (χ1) is 14.6. The van der Waals surface area contributed by atoms with Crippen LogP contribution >= 0.6 is 11.8 Å². The summed E-state index contributed by atoms with van der Waals surface area (Å²) in [6.45, 7) is 3.07. The van der Waals surface area contributed by atoms with Gasteiger partial charge < -0.3 is 14.4 Å². The van der Waals surface area contributed by atoms with Crippen molar-refractivity contribution >= 4 is 35.3 Å². The second-order valence-electron chi connectivity index (χ2n) is 6.36. The molecule has 0 spiro atoms. The molecule has 9 nitrogen and oxygen atoms in total. The fraction of sp³-hybridized carbons (Fsp3) is 0.300. The van der Waals surface area contributed by atoms with Crippen molar-refractivity contribution in [2.24, 2.45) is 5.10 Å². The number of thioether (sulfide) groups is 1. The van der Waals surface area contributed by atoms with Crippen LogP contribution in [-0.4, -0.2) is 56.2 Å². The van der Waals surface area contributed by atoms with Gasteiger partial charge in [-0.1, -0.05) is 0 Å². The summed E-state index contributed by atoms with van der Waals surface area (Å²) in [5.74, 6) is 0.526. The van der Waals surface area contributed by atoms with E-state index in [9.17, 15) is 14.9 Å². The molecule has 0 unspecified atom stereocenters. The zero-order chi connectivity index (χ0) is 21.3. The number of carbonyl (C=O) groups excluding carboxylic acids is 1. The molecule has 1 heterocycles. The van der Waals surface area contributed by atoms with Gasteiger partial charge in [0.05, 0.1) is 37.2 Å². The summed E-state index contributed by atoms with van der Waals surface area (Å²) in [5, 5.41) is 14.7. The molecule has 0 saturated carbocycles. The molecule has 10 heteroatoms. The number of carbonyl (C=O) groups is 1. The fourth-order valence-electron chi connectivity index (χ4n) is 2.84. The summed E-state index contributed by atoms with van der Waals surface area (Å²) in [6.07, 6.45) is 1.54. The highest BCUT2D eigenvalue weighted by molar-refractivity contribution is 8.00. The van der Waals surface area contributed by atoms with E-state index >= 15 is 0 Å². The van der Waals surface area contributed by atoms with Crippen molar-refractivity contribution in [2.75, 3.05) is 44.1 Å². The van der Waals surface area contributed by atoms with E-state index in [0.717, 1.165) is 29.2 Å². The number of methoxy groups -OCH3 is 1. The largest absolute Gasteiger partial charge is 0.496 e. The molecule has 2 aromatic rings. The number of hydrazone groups is 1. The maximum atomic E-state index is 12.0. The lowest BCUT2D eigenvalue weighted by Gasteiger charge is -2.29. The third kappa shape index (κ3) is 5.94. The topological polar surface area (TPSA) is 106 Å². The van der Waals surface area contributed by atoms with Crippen LogP contribution in [0, 0.1) is 10.1 Å². The number of benzene rings is 2. The number of nitro groups is 1. The van der Waals surface area contributed by atoms with E-state index < -0.39 is 4.92 Å². The molecule has 0 atom stereocenters. The Morgan fingerprint density at radius 1 is 1.30 bits per heavy atom. The predicted molar refractivity (Wildman–Crippen MR) is 116 cm³/mol. The van der Waals surface area contributed by atoms with Crippen LogP contribution < -0.4 is 15.1 Å². The highest BCUT2D eigenvalue weighted by Gasteiger charge is 2.13. The van der Waals surface area contributed by atoms with Gasteiger partial charge in [-0.25, -0.2) is 5.43 Å². The van der Waals surface area contributed by atoms with E-state index in [1.807, 2.05) is 18.2 Å². The number of anilines is 1. The second-order valence-corrected chi connectivity index (χ2v) is 7.41. The summed E-state index contributed by atoms with van der Waals surface area (Å²) < 4.78 is 10.8. The Balaban J connectivity index is 1.52. The summed E-state index contributed by atoms with van der Waals surface area (Å²) in [6, 6.07) is 11.9. The number of morpholine rings is 1. The molecule has 1 aliphatic heterocycles. The van der Waals surface area contributed by atoms with Crippen LogP contribution in [0.2, 0.25) is 0 Å². The number of ether oxygens (including phenoxy) is 2. The molecule has 158 valence electrons. The van der Waals surface area contributed by atoms with Crippen molar-refractivity contribution in [1.29, 1.82) is 0 Å². The molecular formula is C20H22N4O5S. The van der Waals surface area contributed by atoms with Crippen molar-refractivity contribution in [3.05, 3.63) is 58.1 Å². The second kappa shape index (κ2) is 10.6. The van der Waals surface area contributed by atoms with Crippen molar-refractivity contribution in [3.8, 4) is 5.75 Å². The molecule has 0 radical (unpaired) electrons. The van der Waals surface area contributed by atoms with Crippen LogP contribution in [0.1, 0.15) is 5.56 Å². The highest BCUT2D eigenvalue weighted by Crippen LogP contribution is 2.25. The summed E-state index contributed by atoms with van der Waals surface area (Å²) in [7, 11) is 1.59. The maximum absolute atomic E-state index is 12.0. The standard InChI is InChI=1S/C20H22N4O5S/c1-28-19-12-17(23-8-10-29-11-9-23)3-2-15(19)13-21-22-20(25)14-30-18-6-4-16(5-7-18)24(26)27/h2-7,12-13H,8-11,14H2,1H3,(H,22,25)/b21-13-. The Hall–Kier alpha value is -3.11. The number of nitrogens with zero attached hydrogens (tertiary/aromatic N) is 3. The van der Waals surface area contributed by atoms with Crippen LogP contribution in [0.25, 0.3) is 0 Å². The fourth-order valence-corrected chi connectivity index (χ4v) is 3.53. The Labute approximate surface area is 178 Å². The number of hydrogen-bond donors (Lipinski definition) is 1. The molecule has 2 aromatic carbocycles. The lowest BCUT2D eigenvalue weighted by Crippen LogP contribution is -2.36. The molecule has 1 aliphatic rings. The van der Waals surface area contributed by atoms with Crippen LogP contribution in [0.4, 0.5) is 11.4 Å². The van der Waals surface area contributed by atoms with Gasteiger partial charge in [0.25, 0.3) is 5.69 Å². The molecule has 0 bridgehead atoms. The van der Waals surface area contributed by atoms with Gasteiger partial charge in [-0.2, -0.15) is 5.10 Å². The van der Waals surface area contributed by atoms with Gasteiger partial charge in [0, 0.05) is 47.4 Å². The van der Waals surface area contributed by atoms with E-state index in [-0.39, 0.29) is 17.3 Å². The Morgan fingerprint density at radius 3 is 2.70 bits per heavy atom. The van der Waals surface area contributed by atoms with Crippen LogP contribution in [-0.2, 0) is 9.53 Å². The van der Waals surface area contributed by atoms with Gasteiger partial charge in [-0.3, -0.25) is 14.9 Å². The Morgan fingerprint density at radius 2 is 2.03 bits per heavy atom. The predicted octanol–water partition coefficient (Wildman–Crippen LogP) is 2.68. The number of non-ortho nitro benzene ring substituents is 1. The average Bonchev–Trinajstić information content (AvgIpc) is 2.78. The minimum absolute atomic E-state index is 0.0157. The molecule has 1 fully saturated rings. The molecular weight excluding hydrogens is 408 g/mol. The first-order valence-corrected chi connectivity index (χ1v) is 10.3. The SMILES string of the molecule is COc1cc(N2CCOCC2)ccc1/C=N\NC(=O)CSc1ccc([N+](=O)[O-])cc1.